The Kier molecular flexibility index (Phi) is 4.10. The van der Waals surface area contributed by atoms with Crippen LogP contribution in [0.25, 0.3) is 11.4 Å². The maximum atomic E-state index is 12.4. The molecule has 134 valence electrons. The van der Waals surface area contributed by atoms with Crippen LogP contribution in [0.1, 0.15) is 66.2 Å². The number of aryl methyl sites for hydroxylation is 2. The van der Waals surface area contributed by atoms with Crippen molar-refractivity contribution in [3.63, 3.8) is 0 Å². The second-order valence-electron chi connectivity index (χ2n) is 6.99. The van der Waals surface area contributed by atoms with Crippen molar-refractivity contribution in [1.82, 2.24) is 30.3 Å². The molecule has 0 spiro atoms. The van der Waals surface area contributed by atoms with Gasteiger partial charge in [-0.25, -0.2) is 0 Å². The van der Waals surface area contributed by atoms with Gasteiger partial charge in [0.2, 0.25) is 23.3 Å². The van der Waals surface area contributed by atoms with Crippen LogP contribution in [-0.2, 0) is 13.5 Å². The highest BCUT2D eigenvalue weighted by Gasteiger charge is 2.27. The molecule has 2 aromatic heterocycles. The molecule has 0 saturated carbocycles. The molecule has 0 N–H and O–H groups in total. The molecule has 0 aliphatic heterocycles. The number of aromatic nitrogens is 6. The fraction of sp³-hybridized carbons (Fsp3) is 0.444. The first-order valence-electron chi connectivity index (χ1n) is 8.75. The number of benzene rings is 1. The second kappa shape index (κ2) is 6.44. The van der Waals surface area contributed by atoms with Crippen molar-refractivity contribution in [1.29, 1.82) is 0 Å². The van der Waals surface area contributed by atoms with Crippen molar-refractivity contribution >= 4 is 5.78 Å². The van der Waals surface area contributed by atoms with Gasteiger partial charge in [-0.05, 0) is 41.2 Å². The quantitative estimate of drug-likeness (QED) is 0.651. The Morgan fingerprint density at radius 2 is 2.23 bits per heavy atom. The van der Waals surface area contributed by atoms with E-state index < -0.39 is 0 Å². The topological polar surface area (TPSA) is 99.6 Å². The van der Waals surface area contributed by atoms with E-state index >= 15 is 0 Å². The Bertz CT molecular complexity index is 958. The Labute approximate surface area is 150 Å². The van der Waals surface area contributed by atoms with Crippen LogP contribution in [0, 0.1) is 0 Å². The van der Waals surface area contributed by atoms with Gasteiger partial charge in [0.15, 0.2) is 0 Å². The van der Waals surface area contributed by atoms with E-state index in [-0.39, 0.29) is 23.4 Å². The van der Waals surface area contributed by atoms with E-state index in [0.29, 0.717) is 18.1 Å². The number of Topliss-reactive ketones (excluding diaryl/α,β-unsaturated/α-hetero) is 1. The molecule has 8 heteroatoms. The normalized spacial score (nSPS) is 16.2. The zero-order chi connectivity index (χ0) is 18.3. The zero-order valence-electron chi connectivity index (χ0n) is 15.0. The van der Waals surface area contributed by atoms with E-state index in [4.69, 9.17) is 4.52 Å². The summed E-state index contributed by atoms with van der Waals surface area (Å²) in [5.41, 5.74) is 3.39. The molecule has 8 nitrogen and oxygen atoms in total. The summed E-state index contributed by atoms with van der Waals surface area (Å²) in [6.07, 6.45) is 2.27. The van der Waals surface area contributed by atoms with E-state index in [1.807, 2.05) is 19.9 Å². The predicted octanol–water partition coefficient (Wildman–Crippen LogP) is 2.69. The molecule has 3 aromatic rings. The first-order chi connectivity index (χ1) is 12.5. The standard InChI is InChI=1S/C18H20N6O2/c1-10(2)18-19-16(22-26-18)13-6-7-14-11(8-13)4-5-12(14)9-15(25)17-20-23-24(3)21-17/h6-8,10,12H,4-5,9H2,1-3H3/t12-/m0/s1. The van der Waals surface area contributed by atoms with Crippen LogP contribution < -0.4 is 0 Å². The van der Waals surface area contributed by atoms with E-state index in [2.05, 4.69) is 37.7 Å². The molecule has 1 aliphatic rings. The lowest BCUT2D eigenvalue weighted by molar-refractivity contribution is 0.0963. The van der Waals surface area contributed by atoms with Crippen molar-refractivity contribution < 1.29 is 9.32 Å². The van der Waals surface area contributed by atoms with Crippen LogP contribution in [0.4, 0.5) is 0 Å². The van der Waals surface area contributed by atoms with Gasteiger partial charge in [0.05, 0.1) is 7.05 Å². The second-order valence-corrected chi connectivity index (χ2v) is 6.99. The minimum absolute atomic E-state index is 0.0697. The highest BCUT2D eigenvalue weighted by molar-refractivity contribution is 5.92. The number of ketones is 1. The zero-order valence-corrected chi connectivity index (χ0v) is 15.0. The molecule has 1 aromatic carbocycles. The van der Waals surface area contributed by atoms with Crippen molar-refractivity contribution in [2.75, 3.05) is 0 Å². The summed E-state index contributed by atoms with van der Waals surface area (Å²) in [5, 5.41) is 15.6. The van der Waals surface area contributed by atoms with Crippen LogP contribution in [0.5, 0.6) is 0 Å². The highest BCUT2D eigenvalue weighted by Crippen LogP contribution is 2.37. The van der Waals surface area contributed by atoms with Gasteiger partial charge in [-0.3, -0.25) is 4.79 Å². The third-order valence-electron chi connectivity index (χ3n) is 4.73. The summed E-state index contributed by atoms with van der Waals surface area (Å²) < 4.78 is 5.30. The number of hydrogen-bond donors (Lipinski definition) is 0. The van der Waals surface area contributed by atoms with Gasteiger partial charge in [0, 0.05) is 17.9 Å². The average molecular weight is 352 g/mol. The number of carbonyl (C=O) groups excluding carboxylic acids is 1. The van der Waals surface area contributed by atoms with Gasteiger partial charge < -0.3 is 4.52 Å². The molecular weight excluding hydrogens is 332 g/mol. The molecule has 0 amide bonds. The molecule has 26 heavy (non-hydrogen) atoms. The van der Waals surface area contributed by atoms with E-state index in [9.17, 15) is 4.79 Å². The molecule has 0 radical (unpaired) electrons. The summed E-state index contributed by atoms with van der Waals surface area (Å²) in [5.74, 6) is 1.76. The average Bonchev–Trinajstić information content (AvgIpc) is 3.34. The van der Waals surface area contributed by atoms with Gasteiger partial charge in [-0.2, -0.15) is 9.78 Å². The van der Waals surface area contributed by atoms with Gasteiger partial charge in [-0.1, -0.05) is 31.1 Å². The SMILES string of the molecule is CC(C)c1nc(-c2ccc3c(c2)CC[C@H]3CC(=O)c2nnn(C)n2)no1. The maximum absolute atomic E-state index is 12.4. The maximum Gasteiger partial charge on any atom is 0.240 e. The smallest absolute Gasteiger partial charge is 0.240 e. The van der Waals surface area contributed by atoms with Crippen molar-refractivity contribution in [3.8, 4) is 11.4 Å². The van der Waals surface area contributed by atoms with Crippen LogP contribution in [0.2, 0.25) is 0 Å². The van der Waals surface area contributed by atoms with Crippen LogP contribution in [0.15, 0.2) is 22.7 Å². The van der Waals surface area contributed by atoms with Gasteiger partial charge in [0.25, 0.3) is 0 Å². The third-order valence-corrected chi connectivity index (χ3v) is 4.73. The number of fused-ring (bicyclic) bond motifs is 1. The highest BCUT2D eigenvalue weighted by atomic mass is 16.5. The molecule has 1 atom stereocenters. The number of carbonyl (C=O) groups is 1. The molecule has 4 rings (SSSR count). The van der Waals surface area contributed by atoms with Crippen LogP contribution in [-0.4, -0.2) is 36.1 Å². The lowest BCUT2D eigenvalue weighted by Gasteiger charge is -2.09. The van der Waals surface area contributed by atoms with Gasteiger partial charge in [0.1, 0.15) is 0 Å². The summed E-state index contributed by atoms with van der Waals surface area (Å²) in [6, 6.07) is 6.18. The molecule has 0 bridgehead atoms. The van der Waals surface area contributed by atoms with Gasteiger partial charge in [-0.15, -0.1) is 10.2 Å². The third kappa shape index (κ3) is 3.02. The Balaban J connectivity index is 1.53. The lowest BCUT2D eigenvalue weighted by Crippen LogP contribution is -2.08. The minimum atomic E-state index is -0.0697. The number of hydrogen-bond acceptors (Lipinski definition) is 7. The molecule has 0 unspecified atom stereocenters. The fourth-order valence-corrected chi connectivity index (χ4v) is 3.35. The van der Waals surface area contributed by atoms with E-state index in [1.165, 1.54) is 15.9 Å². The molecular formula is C18H20N6O2. The van der Waals surface area contributed by atoms with E-state index in [0.717, 1.165) is 18.4 Å². The summed E-state index contributed by atoms with van der Waals surface area (Å²) in [6.45, 7) is 4.04. The largest absolute Gasteiger partial charge is 0.339 e. The molecule has 0 fully saturated rings. The first kappa shape index (κ1) is 16.6. The summed E-state index contributed by atoms with van der Waals surface area (Å²) >= 11 is 0. The van der Waals surface area contributed by atoms with Crippen molar-refractivity contribution in [3.05, 3.63) is 41.0 Å². The number of nitrogens with zero attached hydrogens (tertiary/aromatic N) is 6. The number of tetrazole rings is 1. The lowest BCUT2D eigenvalue weighted by atomic mass is 9.94. The van der Waals surface area contributed by atoms with Crippen LogP contribution >= 0.6 is 0 Å². The summed E-state index contributed by atoms with van der Waals surface area (Å²) in [7, 11) is 1.65. The van der Waals surface area contributed by atoms with Gasteiger partial charge >= 0.3 is 0 Å². The monoisotopic (exact) mass is 352 g/mol. The Morgan fingerprint density at radius 3 is 2.92 bits per heavy atom. The predicted molar refractivity (Wildman–Crippen MR) is 92.6 cm³/mol. The van der Waals surface area contributed by atoms with Crippen LogP contribution in [0.3, 0.4) is 0 Å². The molecule has 0 saturated heterocycles. The first-order valence-corrected chi connectivity index (χ1v) is 8.75. The minimum Gasteiger partial charge on any atom is -0.339 e. The summed E-state index contributed by atoms with van der Waals surface area (Å²) in [4.78, 5) is 18.1. The Hall–Kier alpha value is -2.90. The Morgan fingerprint density at radius 1 is 1.38 bits per heavy atom. The van der Waals surface area contributed by atoms with Crippen molar-refractivity contribution in [2.24, 2.45) is 7.05 Å². The molecule has 1 aliphatic carbocycles. The number of rotatable bonds is 5. The molecule has 2 heterocycles. The fourth-order valence-electron chi connectivity index (χ4n) is 3.35. The van der Waals surface area contributed by atoms with E-state index in [1.54, 1.807) is 7.05 Å². The van der Waals surface area contributed by atoms with Crippen molar-refractivity contribution in [2.45, 2.75) is 44.9 Å².